The summed E-state index contributed by atoms with van der Waals surface area (Å²) >= 11 is 0. The van der Waals surface area contributed by atoms with Crippen LogP contribution in [0.4, 0.5) is 18.9 Å². The molecular formula is C38H22F3NO. The molecular weight excluding hydrogens is 543 g/mol. The van der Waals surface area contributed by atoms with Crippen molar-refractivity contribution < 1.29 is 18.0 Å². The van der Waals surface area contributed by atoms with Crippen LogP contribution in [0.3, 0.4) is 0 Å². The number of amides is 1. The molecule has 6 aromatic carbocycles. The molecule has 1 aliphatic heterocycles. The zero-order valence-electron chi connectivity index (χ0n) is 22.7. The molecule has 1 heterocycles. The van der Waals surface area contributed by atoms with E-state index < -0.39 is 24.0 Å². The normalized spacial score (nSPS) is 15.1. The van der Waals surface area contributed by atoms with E-state index in [0.717, 1.165) is 21.4 Å². The Hall–Kier alpha value is -5.16. The number of rotatable bonds is 2. The molecule has 206 valence electrons. The molecule has 43 heavy (non-hydrogen) atoms. The van der Waals surface area contributed by atoms with Crippen LogP contribution < -0.4 is 4.90 Å². The van der Waals surface area contributed by atoms with Crippen LogP contribution in [0.5, 0.6) is 0 Å². The van der Waals surface area contributed by atoms with E-state index in [2.05, 4.69) is 91.0 Å². The number of benzene rings is 6. The third-order valence-corrected chi connectivity index (χ3v) is 9.43. The third-order valence-electron chi connectivity index (χ3n) is 9.43. The van der Waals surface area contributed by atoms with E-state index in [1.807, 2.05) is 12.1 Å². The number of anilines is 1. The molecule has 2 nitrogen and oxygen atoms in total. The summed E-state index contributed by atoms with van der Waals surface area (Å²) in [5.41, 5.74) is 11.7. The van der Waals surface area contributed by atoms with Crippen LogP contribution >= 0.6 is 0 Å². The highest BCUT2D eigenvalue weighted by molar-refractivity contribution is 6.26. The molecule has 0 unspecified atom stereocenters. The minimum Gasteiger partial charge on any atom is -0.299 e. The maximum absolute atomic E-state index is 13.4. The lowest BCUT2D eigenvalue weighted by Gasteiger charge is -2.30. The van der Waals surface area contributed by atoms with Crippen molar-refractivity contribution in [3.63, 3.8) is 0 Å². The van der Waals surface area contributed by atoms with Gasteiger partial charge < -0.3 is 0 Å². The topological polar surface area (TPSA) is 20.3 Å². The molecule has 3 aliphatic rings. The smallest absolute Gasteiger partial charge is 0.299 e. The highest BCUT2D eigenvalue weighted by atomic mass is 19.4. The second kappa shape index (κ2) is 8.23. The van der Waals surface area contributed by atoms with Gasteiger partial charge in [-0.1, -0.05) is 103 Å². The summed E-state index contributed by atoms with van der Waals surface area (Å²) in [7, 11) is 0. The Morgan fingerprint density at radius 1 is 0.558 bits per heavy atom. The van der Waals surface area contributed by atoms with Crippen LogP contribution in [-0.4, -0.2) is 18.6 Å². The Labute approximate surface area is 245 Å². The van der Waals surface area contributed by atoms with Gasteiger partial charge in [-0.3, -0.25) is 9.69 Å². The van der Waals surface area contributed by atoms with Gasteiger partial charge in [0.05, 0.1) is 11.1 Å². The fourth-order valence-corrected chi connectivity index (χ4v) is 7.90. The summed E-state index contributed by atoms with van der Waals surface area (Å²) in [5, 5.41) is 1.34. The molecule has 0 aromatic heterocycles. The molecule has 9 rings (SSSR count). The highest BCUT2D eigenvalue weighted by Crippen LogP contribution is 2.63. The molecule has 2 aliphatic carbocycles. The molecule has 1 amide bonds. The first-order chi connectivity index (χ1) is 20.9. The Morgan fingerprint density at radius 3 is 1.70 bits per heavy atom. The highest BCUT2D eigenvalue weighted by Gasteiger charge is 2.51. The molecule has 5 heteroatoms. The molecule has 6 aromatic rings. The predicted molar refractivity (Wildman–Crippen MR) is 163 cm³/mol. The monoisotopic (exact) mass is 565 g/mol. The van der Waals surface area contributed by atoms with Gasteiger partial charge in [-0.05, 0) is 79.2 Å². The van der Waals surface area contributed by atoms with Crippen LogP contribution in [0.2, 0.25) is 0 Å². The molecule has 0 atom stereocenters. The first-order valence-electron chi connectivity index (χ1n) is 14.3. The number of halogens is 3. The zero-order valence-corrected chi connectivity index (χ0v) is 22.7. The minimum atomic E-state index is -4.50. The first-order valence-corrected chi connectivity index (χ1v) is 14.3. The van der Waals surface area contributed by atoms with Crippen LogP contribution in [0.15, 0.2) is 121 Å². The minimum absolute atomic E-state index is 0.306. The standard InChI is InChI=1S/C38H22F3NO/c39-37(40,41)21-42-34-19-18-23(28-11-7-12-29(35(28)34)36(42)43)22-16-17-27-26-10-3-6-15-32(26)38(33(27)20-22)30-13-4-1-8-24(30)25-9-2-5-14-31(25)38/h1-20H,21H2. The second-order valence-electron chi connectivity index (χ2n) is 11.5. The Kier molecular flexibility index (Phi) is 4.68. The summed E-state index contributed by atoms with van der Waals surface area (Å²) in [6, 6.07) is 41.1. The van der Waals surface area contributed by atoms with E-state index in [9.17, 15) is 18.0 Å². The molecule has 0 saturated carbocycles. The van der Waals surface area contributed by atoms with E-state index in [1.54, 1.807) is 18.2 Å². The average molecular weight is 566 g/mol. The van der Waals surface area contributed by atoms with Gasteiger partial charge in [-0.15, -0.1) is 0 Å². The van der Waals surface area contributed by atoms with Gasteiger partial charge in [-0.25, -0.2) is 0 Å². The molecule has 0 radical (unpaired) electrons. The van der Waals surface area contributed by atoms with Crippen molar-refractivity contribution in [2.45, 2.75) is 11.6 Å². The summed E-state index contributed by atoms with van der Waals surface area (Å²) in [5.74, 6) is -0.613. The fourth-order valence-electron chi connectivity index (χ4n) is 7.90. The Bertz CT molecular complexity index is 2130. The largest absolute Gasteiger partial charge is 0.406 e. The van der Waals surface area contributed by atoms with Gasteiger partial charge in [0.25, 0.3) is 5.91 Å². The summed E-state index contributed by atoms with van der Waals surface area (Å²) in [4.78, 5) is 14.0. The molecule has 0 bridgehead atoms. The van der Waals surface area contributed by atoms with Gasteiger partial charge in [0, 0.05) is 10.9 Å². The van der Waals surface area contributed by atoms with Crippen molar-refractivity contribution in [3.05, 3.63) is 149 Å². The van der Waals surface area contributed by atoms with E-state index in [1.165, 1.54) is 44.5 Å². The lowest BCUT2D eigenvalue weighted by atomic mass is 9.70. The van der Waals surface area contributed by atoms with Crippen LogP contribution in [0.1, 0.15) is 32.6 Å². The third kappa shape index (κ3) is 3.06. The number of nitrogens with zero attached hydrogens (tertiary/aromatic N) is 1. The second-order valence-corrected chi connectivity index (χ2v) is 11.5. The van der Waals surface area contributed by atoms with E-state index in [0.29, 0.717) is 16.6 Å². The zero-order chi connectivity index (χ0) is 29.1. The van der Waals surface area contributed by atoms with Crippen molar-refractivity contribution in [2.24, 2.45) is 0 Å². The average Bonchev–Trinajstić information content (AvgIpc) is 3.59. The summed E-state index contributed by atoms with van der Waals surface area (Å²) in [6.07, 6.45) is -4.50. The number of hydrogen-bond donors (Lipinski definition) is 0. The van der Waals surface area contributed by atoms with Gasteiger partial charge in [-0.2, -0.15) is 13.2 Å². The number of hydrogen-bond acceptors (Lipinski definition) is 1. The molecule has 0 N–H and O–H groups in total. The summed E-state index contributed by atoms with van der Waals surface area (Å²) < 4.78 is 40.3. The van der Waals surface area contributed by atoms with Crippen LogP contribution in [0.25, 0.3) is 44.2 Å². The Balaban J connectivity index is 1.31. The fraction of sp³-hybridized carbons (Fsp3) is 0.0789. The van der Waals surface area contributed by atoms with Gasteiger partial charge in [0.2, 0.25) is 0 Å². The maximum atomic E-state index is 13.4. The maximum Gasteiger partial charge on any atom is 0.406 e. The van der Waals surface area contributed by atoms with Crippen molar-refractivity contribution in [2.75, 3.05) is 11.4 Å². The van der Waals surface area contributed by atoms with Gasteiger partial charge in [0.1, 0.15) is 6.54 Å². The van der Waals surface area contributed by atoms with Crippen LogP contribution in [0, 0.1) is 0 Å². The van der Waals surface area contributed by atoms with Crippen molar-refractivity contribution in [1.82, 2.24) is 0 Å². The molecule has 0 fully saturated rings. The summed E-state index contributed by atoms with van der Waals surface area (Å²) in [6.45, 7) is -1.31. The SMILES string of the molecule is O=C1c2cccc3c(-c4ccc5c(c4)C4(c6ccccc6-c6ccccc64)c4ccccc4-5)ccc(c23)N1CC(F)(F)F. The van der Waals surface area contributed by atoms with Crippen molar-refractivity contribution >= 4 is 22.4 Å². The molecule has 1 spiro atoms. The quantitative estimate of drug-likeness (QED) is 0.205. The van der Waals surface area contributed by atoms with Crippen molar-refractivity contribution in [3.8, 4) is 33.4 Å². The lowest BCUT2D eigenvalue weighted by Crippen LogP contribution is -2.36. The van der Waals surface area contributed by atoms with Crippen LogP contribution in [-0.2, 0) is 5.41 Å². The van der Waals surface area contributed by atoms with Gasteiger partial charge >= 0.3 is 6.18 Å². The molecule has 0 saturated heterocycles. The van der Waals surface area contributed by atoms with Crippen molar-refractivity contribution in [1.29, 1.82) is 0 Å². The lowest BCUT2D eigenvalue weighted by molar-refractivity contribution is -0.118. The first kappa shape index (κ1) is 24.4. The number of fused-ring (bicyclic) bond motifs is 10. The van der Waals surface area contributed by atoms with E-state index in [4.69, 9.17) is 0 Å². The predicted octanol–water partition coefficient (Wildman–Crippen LogP) is 9.37. The van der Waals surface area contributed by atoms with E-state index >= 15 is 0 Å². The van der Waals surface area contributed by atoms with Gasteiger partial charge in [0.15, 0.2) is 0 Å². The Morgan fingerprint density at radius 2 is 1.09 bits per heavy atom. The van der Waals surface area contributed by atoms with E-state index in [-0.39, 0.29) is 0 Å². The number of carbonyl (C=O) groups excluding carboxylic acids is 1. The number of alkyl halides is 3. The number of carbonyl (C=O) groups is 1.